The van der Waals surface area contributed by atoms with Crippen LogP contribution in [0.3, 0.4) is 0 Å². The number of halogens is 2. The lowest BCUT2D eigenvalue weighted by molar-refractivity contribution is -0.123. The predicted molar refractivity (Wildman–Crippen MR) is 88.5 cm³/mol. The Hall–Kier alpha value is -2.25. The van der Waals surface area contributed by atoms with Gasteiger partial charge in [0.2, 0.25) is 0 Å². The molecule has 0 spiro atoms. The smallest absolute Gasteiger partial charge is 0.273 e. The van der Waals surface area contributed by atoms with Gasteiger partial charge in [-0.25, -0.2) is 0 Å². The zero-order valence-corrected chi connectivity index (χ0v) is 14.3. The van der Waals surface area contributed by atoms with E-state index in [1.807, 2.05) is 0 Å². The van der Waals surface area contributed by atoms with Crippen molar-refractivity contribution < 1.29 is 18.8 Å². The normalized spacial score (nSPS) is 10.3. The molecule has 0 radical (unpaired) electrons. The molecule has 0 saturated heterocycles. The van der Waals surface area contributed by atoms with Crippen molar-refractivity contribution in [1.29, 1.82) is 0 Å². The van der Waals surface area contributed by atoms with E-state index in [1.54, 1.807) is 19.1 Å². The zero-order chi connectivity index (χ0) is 17.5. The number of hydrogen-bond donors (Lipinski definition) is 2. The number of carbonyl (C=O) groups is 2. The van der Waals surface area contributed by atoms with Crippen molar-refractivity contribution in [1.82, 2.24) is 15.8 Å². The molecular weight excluding hydrogens is 357 g/mol. The lowest BCUT2D eigenvalue weighted by atomic mass is 10.3. The minimum absolute atomic E-state index is 0.194. The van der Waals surface area contributed by atoms with Crippen LogP contribution in [0.15, 0.2) is 28.8 Å². The van der Waals surface area contributed by atoms with Crippen LogP contribution in [0.1, 0.15) is 16.2 Å². The van der Waals surface area contributed by atoms with Gasteiger partial charge < -0.3 is 19.9 Å². The maximum atomic E-state index is 11.7. The van der Waals surface area contributed by atoms with Gasteiger partial charge in [0.15, 0.2) is 12.3 Å². The van der Waals surface area contributed by atoms with Gasteiger partial charge in [0.1, 0.15) is 11.5 Å². The summed E-state index contributed by atoms with van der Waals surface area (Å²) in [5.74, 6) is 0.204. The Kier molecular flexibility index (Phi) is 6.45. The maximum absolute atomic E-state index is 11.7. The van der Waals surface area contributed by atoms with Crippen molar-refractivity contribution in [3.8, 4) is 5.75 Å². The van der Waals surface area contributed by atoms with Crippen LogP contribution in [0, 0.1) is 6.92 Å². The van der Waals surface area contributed by atoms with Gasteiger partial charge in [0.25, 0.3) is 11.8 Å². The van der Waals surface area contributed by atoms with Gasteiger partial charge in [-0.2, -0.15) is 0 Å². The molecule has 24 heavy (non-hydrogen) atoms. The van der Waals surface area contributed by atoms with Crippen LogP contribution in [0.2, 0.25) is 10.0 Å². The Morgan fingerprint density at radius 3 is 2.62 bits per heavy atom. The number of aryl methyl sites for hydroxylation is 1. The maximum Gasteiger partial charge on any atom is 0.273 e. The fourth-order valence-electron chi connectivity index (χ4n) is 1.73. The van der Waals surface area contributed by atoms with Gasteiger partial charge in [-0.1, -0.05) is 28.4 Å². The van der Waals surface area contributed by atoms with Crippen molar-refractivity contribution in [2.45, 2.75) is 6.92 Å². The Balaban J connectivity index is 1.65. The van der Waals surface area contributed by atoms with Crippen molar-refractivity contribution >= 4 is 35.0 Å². The molecule has 0 aliphatic rings. The summed E-state index contributed by atoms with van der Waals surface area (Å²) in [6, 6.07) is 6.25. The summed E-state index contributed by atoms with van der Waals surface area (Å²) < 4.78 is 10.1. The van der Waals surface area contributed by atoms with E-state index in [1.165, 1.54) is 12.1 Å². The van der Waals surface area contributed by atoms with E-state index in [4.69, 9.17) is 32.5 Å². The molecule has 2 aromatic rings. The zero-order valence-electron chi connectivity index (χ0n) is 12.8. The van der Waals surface area contributed by atoms with Gasteiger partial charge in [-0.3, -0.25) is 9.59 Å². The minimum Gasteiger partial charge on any atom is -0.482 e. The lowest BCUT2D eigenvalue weighted by Crippen LogP contribution is -2.36. The van der Waals surface area contributed by atoms with Gasteiger partial charge in [-0.05, 0) is 25.1 Å². The first-order chi connectivity index (χ1) is 11.5. The first-order valence-electron chi connectivity index (χ1n) is 7.02. The number of ether oxygens (including phenoxy) is 1. The van der Waals surface area contributed by atoms with Crippen molar-refractivity contribution in [3.63, 3.8) is 0 Å². The molecule has 2 amide bonds. The molecule has 0 aliphatic carbocycles. The molecular formula is C15H15Cl2N3O4. The van der Waals surface area contributed by atoms with Crippen LogP contribution in [0.5, 0.6) is 5.75 Å². The predicted octanol–water partition coefficient (Wildman–Crippen LogP) is 2.21. The number of hydrogen-bond acceptors (Lipinski definition) is 5. The molecule has 0 atom stereocenters. The molecule has 0 saturated carbocycles. The van der Waals surface area contributed by atoms with E-state index in [-0.39, 0.29) is 37.2 Å². The van der Waals surface area contributed by atoms with E-state index in [0.29, 0.717) is 21.6 Å². The fraction of sp³-hybridized carbons (Fsp3) is 0.267. The molecule has 1 aromatic heterocycles. The molecule has 9 heteroatoms. The molecule has 0 unspecified atom stereocenters. The first-order valence-corrected chi connectivity index (χ1v) is 7.77. The summed E-state index contributed by atoms with van der Waals surface area (Å²) >= 11 is 11.7. The van der Waals surface area contributed by atoms with Gasteiger partial charge in [0.05, 0.1) is 5.02 Å². The quantitative estimate of drug-likeness (QED) is 0.727. The standard InChI is InChI=1S/C15H15Cl2N3O4/c1-9-6-12(20-24-9)15(22)19-5-4-18-14(21)8-23-13-3-2-10(16)7-11(13)17/h2-3,6-7H,4-5,8H2,1H3,(H,18,21)(H,19,22). The second kappa shape index (κ2) is 8.56. The number of amides is 2. The highest BCUT2D eigenvalue weighted by atomic mass is 35.5. The third kappa shape index (κ3) is 5.43. The molecule has 1 heterocycles. The van der Waals surface area contributed by atoms with E-state index in [2.05, 4.69) is 15.8 Å². The monoisotopic (exact) mass is 371 g/mol. The summed E-state index contributed by atoms with van der Waals surface area (Å²) in [6.07, 6.45) is 0. The summed E-state index contributed by atoms with van der Waals surface area (Å²) in [5, 5.41) is 9.60. The second-order valence-corrected chi connectivity index (χ2v) is 5.64. The summed E-state index contributed by atoms with van der Waals surface area (Å²) in [6.45, 7) is 1.99. The van der Waals surface area contributed by atoms with Crippen molar-refractivity contribution in [2.75, 3.05) is 19.7 Å². The van der Waals surface area contributed by atoms with Crippen LogP contribution in [-0.2, 0) is 4.79 Å². The van der Waals surface area contributed by atoms with Crippen LogP contribution in [0.4, 0.5) is 0 Å². The molecule has 128 valence electrons. The average Bonchev–Trinajstić information content (AvgIpc) is 2.97. The van der Waals surface area contributed by atoms with Crippen molar-refractivity contribution in [2.24, 2.45) is 0 Å². The van der Waals surface area contributed by atoms with Crippen LogP contribution >= 0.6 is 23.2 Å². The van der Waals surface area contributed by atoms with Gasteiger partial charge in [0, 0.05) is 24.2 Å². The van der Waals surface area contributed by atoms with E-state index in [0.717, 1.165) is 0 Å². The molecule has 0 aliphatic heterocycles. The number of aromatic nitrogens is 1. The van der Waals surface area contributed by atoms with Crippen LogP contribution in [-0.4, -0.2) is 36.7 Å². The Labute approximate surface area is 148 Å². The number of rotatable bonds is 7. The van der Waals surface area contributed by atoms with E-state index in [9.17, 15) is 9.59 Å². The summed E-state index contributed by atoms with van der Waals surface area (Å²) in [5.41, 5.74) is 0.194. The number of nitrogens with one attached hydrogen (secondary N) is 2. The first kappa shape index (κ1) is 18.1. The largest absolute Gasteiger partial charge is 0.482 e. The third-order valence-corrected chi connectivity index (χ3v) is 3.38. The molecule has 0 fully saturated rings. The highest BCUT2D eigenvalue weighted by Crippen LogP contribution is 2.27. The van der Waals surface area contributed by atoms with Crippen molar-refractivity contribution in [3.05, 3.63) is 45.8 Å². The second-order valence-electron chi connectivity index (χ2n) is 4.79. The van der Waals surface area contributed by atoms with Gasteiger partial charge in [-0.15, -0.1) is 0 Å². The lowest BCUT2D eigenvalue weighted by Gasteiger charge is -2.09. The summed E-state index contributed by atoms with van der Waals surface area (Å²) in [4.78, 5) is 23.3. The number of benzene rings is 1. The third-order valence-electron chi connectivity index (χ3n) is 2.85. The van der Waals surface area contributed by atoms with Crippen LogP contribution < -0.4 is 15.4 Å². The Morgan fingerprint density at radius 2 is 1.96 bits per heavy atom. The van der Waals surface area contributed by atoms with E-state index >= 15 is 0 Å². The Bertz CT molecular complexity index is 733. The van der Waals surface area contributed by atoms with Gasteiger partial charge >= 0.3 is 0 Å². The molecule has 2 rings (SSSR count). The number of nitrogens with zero attached hydrogens (tertiary/aromatic N) is 1. The van der Waals surface area contributed by atoms with E-state index < -0.39 is 0 Å². The molecule has 1 aromatic carbocycles. The Morgan fingerprint density at radius 1 is 1.21 bits per heavy atom. The fourth-order valence-corrected chi connectivity index (χ4v) is 2.19. The average molecular weight is 372 g/mol. The molecule has 7 nitrogen and oxygen atoms in total. The molecule has 0 bridgehead atoms. The number of carbonyl (C=O) groups excluding carboxylic acids is 2. The SMILES string of the molecule is Cc1cc(C(=O)NCCNC(=O)COc2ccc(Cl)cc2Cl)no1. The molecule has 2 N–H and O–H groups in total. The minimum atomic E-state index is -0.370. The summed E-state index contributed by atoms with van der Waals surface area (Å²) in [7, 11) is 0. The topological polar surface area (TPSA) is 93.5 Å². The highest BCUT2D eigenvalue weighted by molar-refractivity contribution is 6.35. The van der Waals surface area contributed by atoms with Crippen LogP contribution in [0.25, 0.3) is 0 Å². The highest BCUT2D eigenvalue weighted by Gasteiger charge is 2.10.